The Morgan fingerprint density at radius 2 is 1.74 bits per heavy atom. The number of aryl methyl sites for hydroxylation is 2. The van der Waals surface area contributed by atoms with Crippen LogP contribution in [0.4, 0.5) is 17.6 Å². The standard InChI is InChI=1S/C13H16N6/c1-4-7-14-12-16-18-13(19-17-12)15-11-6-5-9(2)10(3)8-11/h4-6,8H,1,7H2,2-3H3,(H,14,16,17)(H,15,18,19). The number of anilines is 3. The fraction of sp³-hybridized carbons (Fsp3) is 0.231. The lowest BCUT2D eigenvalue weighted by Gasteiger charge is -2.06. The Kier molecular flexibility index (Phi) is 4.02. The SMILES string of the molecule is C=CCNc1nnc(Nc2ccc(C)c(C)c2)nn1. The molecule has 1 heterocycles. The highest BCUT2D eigenvalue weighted by molar-refractivity contribution is 5.55. The molecule has 2 rings (SSSR count). The number of rotatable bonds is 5. The lowest BCUT2D eigenvalue weighted by Crippen LogP contribution is -2.08. The van der Waals surface area contributed by atoms with Gasteiger partial charge in [0.2, 0.25) is 0 Å². The number of nitrogens with zero attached hydrogens (tertiary/aromatic N) is 4. The maximum absolute atomic E-state index is 3.95. The van der Waals surface area contributed by atoms with Crippen LogP contribution >= 0.6 is 0 Å². The van der Waals surface area contributed by atoms with Crippen molar-refractivity contribution in [2.45, 2.75) is 13.8 Å². The van der Waals surface area contributed by atoms with Gasteiger partial charge in [-0.3, -0.25) is 0 Å². The molecule has 0 radical (unpaired) electrons. The van der Waals surface area contributed by atoms with Crippen LogP contribution in [0.25, 0.3) is 0 Å². The molecule has 98 valence electrons. The van der Waals surface area contributed by atoms with Crippen LogP contribution in [0.15, 0.2) is 30.9 Å². The fourth-order valence-corrected chi connectivity index (χ4v) is 1.46. The molecular weight excluding hydrogens is 240 g/mol. The number of hydrogen-bond acceptors (Lipinski definition) is 6. The molecule has 0 saturated heterocycles. The van der Waals surface area contributed by atoms with Gasteiger partial charge in [-0.2, -0.15) is 0 Å². The van der Waals surface area contributed by atoms with E-state index in [2.05, 4.69) is 51.5 Å². The molecule has 0 aliphatic heterocycles. The third-order valence-electron chi connectivity index (χ3n) is 2.65. The van der Waals surface area contributed by atoms with E-state index in [1.165, 1.54) is 11.1 Å². The molecule has 0 bridgehead atoms. The molecule has 0 fully saturated rings. The summed E-state index contributed by atoms with van der Waals surface area (Å²) in [5.74, 6) is 0.748. The minimum absolute atomic E-state index is 0.368. The molecule has 1 aromatic carbocycles. The predicted octanol–water partition coefficient (Wildman–Crippen LogP) is 2.22. The first kappa shape index (κ1) is 12.9. The molecule has 2 N–H and O–H groups in total. The van der Waals surface area contributed by atoms with Crippen LogP contribution in [-0.2, 0) is 0 Å². The molecule has 0 amide bonds. The third-order valence-corrected chi connectivity index (χ3v) is 2.65. The third kappa shape index (κ3) is 3.48. The molecule has 2 aromatic rings. The van der Waals surface area contributed by atoms with Crippen LogP contribution in [0.2, 0.25) is 0 Å². The maximum Gasteiger partial charge on any atom is 0.266 e. The highest BCUT2D eigenvalue weighted by Crippen LogP contribution is 2.16. The van der Waals surface area contributed by atoms with E-state index < -0.39 is 0 Å². The van der Waals surface area contributed by atoms with Gasteiger partial charge in [-0.05, 0) is 37.1 Å². The van der Waals surface area contributed by atoms with Crippen molar-refractivity contribution in [2.75, 3.05) is 17.2 Å². The monoisotopic (exact) mass is 256 g/mol. The van der Waals surface area contributed by atoms with Gasteiger partial charge in [0.15, 0.2) is 0 Å². The molecule has 0 unspecified atom stereocenters. The van der Waals surface area contributed by atoms with E-state index in [0.717, 1.165) is 5.69 Å². The van der Waals surface area contributed by atoms with Gasteiger partial charge < -0.3 is 10.6 Å². The van der Waals surface area contributed by atoms with Crippen molar-refractivity contribution in [2.24, 2.45) is 0 Å². The summed E-state index contributed by atoms with van der Waals surface area (Å²) >= 11 is 0. The smallest absolute Gasteiger partial charge is 0.266 e. The largest absolute Gasteiger partial charge is 0.348 e. The Morgan fingerprint density at radius 1 is 1.05 bits per heavy atom. The summed E-state index contributed by atoms with van der Waals surface area (Å²) < 4.78 is 0. The lowest BCUT2D eigenvalue weighted by atomic mass is 10.1. The zero-order chi connectivity index (χ0) is 13.7. The van der Waals surface area contributed by atoms with E-state index in [-0.39, 0.29) is 0 Å². The number of nitrogens with one attached hydrogen (secondary N) is 2. The Morgan fingerprint density at radius 3 is 2.37 bits per heavy atom. The second-order valence-corrected chi connectivity index (χ2v) is 4.14. The Balaban J connectivity index is 2.06. The van der Waals surface area contributed by atoms with Crippen molar-refractivity contribution in [1.29, 1.82) is 0 Å². The van der Waals surface area contributed by atoms with E-state index in [1.54, 1.807) is 6.08 Å². The van der Waals surface area contributed by atoms with Crippen molar-refractivity contribution >= 4 is 17.6 Å². The quantitative estimate of drug-likeness (QED) is 0.799. The second-order valence-electron chi connectivity index (χ2n) is 4.14. The molecule has 0 spiro atoms. The number of hydrogen-bond donors (Lipinski definition) is 2. The van der Waals surface area contributed by atoms with Crippen LogP contribution in [0.3, 0.4) is 0 Å². The Bertz CT molecular complexity index is 564. The van der Waals surface area contributed by atoms with Crippen LogP contribution in [0.1, 0.15) is 11.1 Å². The summed E-state index contributed by atoms with van der Waals surface area (Å²) in [4.78, 5) is 0. The second kappa shape index (κ2) is 5.90. The minimum Gasteiger partial charge on any atom is -0.348 e. The van der Waals surface area contributed by atoms with Crippen LogP contribution < -0.4 is 10.6 Å². The molecule has 6 nitrogen and oxygen atoms in total. The first-order valence-electron chi connectivity index (χ1n) is 5.95. The Hall–Kier alpha value is -2.50. The highest BCUT2D eigenvalue weighted by Gasteiger charge is 2.02. The van der Waals surface area contributed by atoms with Gasteiger partial charge in [0, 0.05) is 12.2 Å². The van der Waals surface area contributed by atoms with Gasteiger partial charge >= 0.3 is 0 Å². The molecule has 0 saturated carbocycles. The highest BCUT2D eigenvalue weighted by atomic mass is 15.4. The first-order chi connectivity index (χ1) is 9.19. The van der Waals surface area contributed by atoms with E-state index >= 15 is 0 Å². The normalized spacial score (nSPS) is 10.0. The summed E-state index contributed by atoms with van der Waals surface area (Å²) in [5.41, 5.74) is 3.36. The summed E-state index contributed by atoms with van der Waals surface area (Å²) in [5, 5.41) is 21.7. The van der Waals surface area contributed by atoms with Gasteiger partial charge in [0.1, 0.15) is 0 Å². The topological polar surface area (TPSA) is 75.6 Å². The van der Waals surface area contributed by atoms with Crippen LogP contribution in [0.5, 0.6) is 0 Å². The molecule has 6 heteroatoms. The summed E-state index contributed by atoms with van der Waals surface area (Å²) in [6.45, 7) is 8.29. The van der Waals surface area contributed by atoms with Crippen molar-refractivity contribution in [1.82, 2.24) is 20.4 Å². The van der Waals surface area contributed by atoms with Gasteiger partial charge in [-0.25, -0.2) is 0 Å². The van der Waals surface area contributed by atoms with Gasteiger partial charge in [-0.15, -0.1) is 27.0 Å². The summed E-state index contributed by atoms with van der Waals surface area (Å²) in [6.07, 6.45) is 1.71. The Labute approximate surface area is 112 Å². The lowest BCUT2D eigenvalue weighted by molar-refractivity contribution is 0.867. The van der Waals surface area contributed by atoms with E-state index in [0.29, 0.717) is 18.4 Å². The van der Waals surface area contributed by atoms with E-state index in [4.69, 9.17) is 0 Å². The minimum atomic E-state index is 0.368. The number of benzene rings is 1. The average molecular weight is 256 g/mol. The van der Waals surface area contributed by atoms with Crippen molar-refractivity contribution in [3.05, 3.63) is 42.0 Å². The fourth-order valence-electron chi connectivity index (χ4n) is 1.46. The van der Waals surface area contributed by atoms with Gasteiger partial charge in [-0.1, -0.05) is 12.1 Å². The molecule has 0 aliphatic rings. The molecule has 0 aliphatic carbocycles. The molecule has 0 atom stereocenters. The van der Waals surface area contributed by atoms with Crippen LogP contribution in [0, 0.1) is 13.8 Å². The van der Waals surface area contributed by atoms with Crippen molar-refractivity contribution in [3.63, 3.8) is 0 Å². The molecule has 19 heavy (non-hydrogen) atoms. The number of aromatic nitrogens is 4. The molecular formula is C13H16N6. The van der Waals surface area contributed by atoms with Gasteiger partial charge in [0.05, 0.1) is 0 Å². The zero-order valence-corrected chi connectivity index (χ0v) is 11.0. The molecule has 1 aromatic heterocycles. The summed E-state index contributed by atoms with van der Waals surface area (Å²) in [6, 6.07) is 6.04. The zero-order valence-electron chi connectivity index (χ0n) is 11.0. The van der Waals surface area contributed by atoms with Crippen molar-refractivity contribution in [3.8, 4) is 0 Å². The maximum atomic E-state index is 3.95. The van der Waals surface area contributed by atoms with E-state index in [9.17, 15) is 0 Å². The predicted molar refractivity (Wildman–Crippen MR) is 75.5 cm³/mol. The average Bonchev–Trinajstić information content (AvgIpc) is 2.42. The first-order valence-corrected chi connectivity index (χ1v) is 5.95. The van der Waals surface area contributed by atoms with Crippen LogP contribution in [-0.4, -0.2) is 26.9 Å². The van der Waals surface area contributed by atoms with Gasteiger partial charge in [0.25, 0.3) is 11.9 Å². The van der Waals surface area contributed by atoms with Crippen molar-refractivity contribution < 1.29 is 0 Å². The van der Waals surface area contributed by atoms with E-state index in [1.807, 2.05) is 18.2 Å². The summed E-state index contributed by atoms with van der Waals surface area (Å²) in [7, 11) is 0.